The molecular formula is C17H30N2O2. The first-order chi connectivity index (χ1) is 10.2. The molecular weight excluding hydrogens is 264 g/mol. The van der Waals surface area contributed by atoms with Crippen LogP contribution in [0.2, 0.25) is 0 Å². The molecule has 4 nitrogen and oxygen atoms in total. The Morgan fingerprint density at radius 2 is 1.71 bits per heavy atom. The van der Waals surface area contributed by atoms with Crippen LogP contribution in [0, 0.1) is 5.41 Å². The fourth-order valence-electron chi connectivity index (χ4n) is 4.58. The van der Waals surface area contributed by atoms with Gasteiger partial charge in [0.15, 0.2) is 0 Å². The van der Waals surface area contributed by atoms with E-state index < -0.39 is 0 Å². The number of carbonyl (C=O) groups excluding carboxylic acids is 1. The third kappa shape index (κ3) is 2.85. The minimum Gasteiger partial charge on any atom is -0.384 e. The van der Waals surface area contributed by atoms with Gasteiger partial charge in [-0.15, -0.1) is 0 Å². The van der Waals surface area contributed by atoms with Crippen molar-refractivity contribution in [3.05, 3.63) is 0 Å². The van der Waals surface area contributed by atoms with Crippen molar-refractivity contribution in [1.82, 2.24) is 10.2 Å². The lowest BCUT2D eigenvalue weighted by Gasteiger charge is -2.43. The van der Waals surface area contributed by atoms with Crippen LogP contribution in [0.4, 0.5) is 0 Å². The largest absolute Gasteiger partial charge is 0.384 e. The highest BCUT2D eigenvalue weighted by molar-refractivity contribution is 5.86. The summed E-state index contributed by atoms with van der Waals surface area (Å²) in [5.41, 5.74) is 0.0315. The maximum atomic E-state index is 13.0. The molecule has 3 aliphatic rings. The van der Waals surface area contributed by atoms with Crippen LogP contribution in [0.15, 0.2) is 0 Å². The molecule has 2 aliphatic carbocycles. The van der Waals surface area contributed by atoms with E-state index in [1.54, 1.807) is 7.11 Å². The molecule has 3 rings (SSSR count). The summed E-state index contributed by atoms with van der Waals surface area (Å²) in [6, 6.07) is 0. The highest BCUT2D eigenvalue weighted by atomic mass is 16.5. The van der Waals surface area contributed by atoms with Crippen molar-refractivity contribution >= 4 is 5.91 Å². The van der Waals surface area contributed by atoms with E-state index in [0.29, 0.717) is 5.91 Å². The van der Waals surface area contributed by atoms with Crippen LogP contribution in [0.3, 0.4) is 0 Å². The predicted octanol–water partition coefficient (Wildman–Crippen LogP) is 2.33. The van der Waals surface area contributed by atoms with Gasteiger partial charge in [-0.2, -0.15) is 0 Å². The van der Waals surface area contributed by atoms with Gasteiger partial charge in [0.05, 0.1) is 6.61 Å². The molecule has 120 valence electrons. The molecule has 0 radical (unpaired) electrons. The van der Waals surface area contributed by atoms with Gasteiger partial charge in [-0.3, -0.25) is 9.69 Å². The molecule has 2 saturated carbocycles. The summed E-state index contributed by atoms with van der Waals surface area (Å²) in [6.45, 7) is 3.80. The molecule has 0 bridgehead atoms. The Morgan fingerprint density at radius 3 is 2.24 bits per heavy atom. The smallest absolute Gasteiger partial charge is 0.240 e. The van der Waals surface area contributed by atoms with Gasteiger partial charge in [0.25, 0.3) is 0 Å². The zero-order chi connectivity index (χ0) is 14.8. The van der Waals surface area contributed by atoms with Crippen molar-refractivity contribution in [3.8, 4) is 0 Å². The monoisotopic (exact) mass is 294 g/mol. The first-order valence-electron chi connectivity index (χ1n) is 8.73. The van der Waals surface area contributed by atoms with Crippen molar-refractivity contribution in [2.75, 3.05) is 33.4 Å². The van der Waals surface area contributed by atoms with E-state index in [2.05, 4.69) is 10.2 Å². The summed E-state index contributed by atoms with van der Waals surface area (Å²) in [6.07, 6.45) is 10.7. The number of nitrogens with zero attached hydrogens (tertiary/aromatic N) is 1. The molecule has 21 heavy (non-hydrogen) atoms. The van der Waals surface area contributed by atoms with Crippen LogP contribution >= 0.6 is 0 Å². The Kier molecular flexibility index (Phi) is 4.55. The summed E-state index contributed by atoms with van der Waals surface area (Å²) in [5.74, 6) is 0.296. The Labute approximate surface area is 128 Å². The Bertz CT molecular complexity index is 367. The fraction of sp³-hybridized carbons (Fsp3) is 0.941. The van der Waals surface area contributed by atoms with E-state index in [4.69, 9.17) is 4.74 Å². The second-order valence-electron chi connectivity index (χ2n) is 7.40. The molecule has 0 atom stereocenters. The second-order valence-corrected chi connectivity index (χ2v) is 7.40. The highest BCUT2D eigenvalue weighted by Crippen LogP contribution is 2.41. The molecule has 0 aromatic heterocycles. The van der Waals surface area contributed by atoms with Gasteiger partial charge in [0.1, 0.15) is 5.54 Å². The summed E-state index contributed by atoms with van der Waals surface area (Å²) in [7, 11) is 1.77. The first-order valence-corrected chi connectivity index (χ1v) is 8.73. The Hall–Kier alpha value is -0.610. The summed E-state index contributed by atoms with van der Waals surface area (Å²) < 4.78 is 5.37. The van der Waals surface area contributed by atoms with Crippen LogP contribution in [0.5, 0.6) is 0 Å². The average Bonchev–Trinajstić information content (AvgIpc) is 3.11. The summed E-state index contributed by atoms with van der Waals surface area (Å²) >= 11 is 0. The predicted molar refractivity (Wildman–Crippen MR) is 83.2 cm³/mol. The van der Waals surface area contributed by atoms with Crippen molar-refractivity contribution in [2.24, 2.45) is 5.41 Å². The number of nitrogens with one attached hydrogen (secondary N) is 1. The van der Waals surface area contributed by atoms with Gasteiger partial charge in [0, 0.05) is 19.1 Å². The lowest BCUT2D eigenvalue weighted by Crippen LogP contribution is -2.58. The molecule has 1 aliphatic heterocycles. The Morgan fingerprint density at radius 1 is 1.05 bits per heavy atom. The zero-order valence-corrected chi connectivity index (χ0v) is 13.5. The average molecular weight is 294 g/mol. The molecule has 1 N–H and O–H groups in total. The minimum absolute atomic E-state index is 0.186. The number of rotatable bonds is 6. The molecule has 0 spiro atoms. The van der Waals surface area contributed by atoms with E-state index in [9.17, 15) is 4.79 Å². The number of amides is 1. The summed E-state index contributed by atoms with van der Waals surface area (Å²) in [4.78, 5) is 15.4. The molecule has 3 fully saturated rings. The lowest BCUT2D eigenvalue weighted by molar-refractivity contribution is -0.134. The number of hydrogen-bond donors (Lipinski definition) is 1. The standard InChI is InChI=1S/C17H30N2O2/c1-21-14-16(7-6-8-16)13-18-15(20)17(9-2-3-10-17)19-11-4-5-12-19/h2-14H2,1H3,(H,18,20). The molecule has 4 heteroatoms. The number of likely N-dealkylation sites (tertiary alicyclic amines) is 1. The van der Waals surface area contributed by atoms with Crippen molar-refractivity contribution in [1.29, 1.82) is 0 Å². The maximum absolute atomic E-state index is 13.0. The molecule has 1 amide bonds. The Balaban J connectivity index is 1.62. The van der Waals surface area contributed by atoms with Gasteiger partial charge >= 0.3 is 0 Å². The normalized spacial score (nSPS) is 27.5. The lowest BCUT2D eigenvalue weighted by atomic mass is 9.69. The van der Waals surface area contributed by atoms with Gasteiger partial charge in [-0.25, -0.2) is 0 Å². The van der Waals surface area contributed by atoms with E-state index >= 15 is 0 Å². The molecule has 0 aromatic rings. The van der Waals surface area contributed by atoms with Gasteiger partial charge in [-0.1, -0.05) is 19.3 Å². The van der Waals surface area contributed by atoms with Crippen LogP contribution < -0.4 is 5.32 Å². The third-order valence-corrected chi connectivity index (χ3v) is 6.05. The van der Waals surface area contributed by atoms with Crippen LogP contribution in [-0.4, -0.2) is 49.7 Å². The van der Waals surface area contributed by atoms with Crippen molar-refractivity contribution in [2.45, 2.75) is 63.3 Å². The van der Waals surface area contributed by atoms with E-state index in [0.717, 1.165) is 39.1 Å². The summed E-state index contributed by atoms with van der Waals surface area (Å²) in [5, 5.41) is 3.31. The van der Waals surface area contributed by atoms with Crippen LogP contribution in [0.1, 0.15) is 57.8 Å². The molecule has 0 unspecified atom stereocenters. The SMILES string of the molecule is COCC1(CNC(=O)C2(N3CCCC3)CCCC2)CCC1. The van der Waals surface area contributed by atoms with Crippen LogP contribution in [-0.2, 0) is 9.53 Å². The number of hydrogen-bond acceptors (Lipinski definition) is 3. The maximum Gasteiger partial charge on any atom is 0.240 e. The molecule has 0 aromatic carbocycles. The number of carbonyl (C=O) groups is 1. The van der Waals surface area contributed by atoms with E-state index in [-0.39, 0.29) is 11.0 Å². The van der Waals surface area contributed by atoms with Crippen molar-refractivity contribution in [3.63, 3.8) is 0 Å². The highest BCUT2D eigenvalue weighted by Gasteiger charge is 2.47. The van der Waals surface area contributed by atoms with Gasteiger partial charge in [-0.05, 0) is 51.6 Å². The molecule has 1 heterocycles. The third-order valence-electron chi connectivity index (χ3n) is 6.05. The van der Waals surface area contributed by atoms with Gasteiger partial charge < -0.3 is 10.1 Å². The van der Waals surface area contributed by atoms with Crippen molar-refractivity contribution < 1.29 is 9.53 Å². The first kappa shape index (κ1) is 15.3. The zero-order valence-electron chi connectivity index (χ0n) is 13.5. The minimum atomic E-state index is -0.186. The number of methoxy groups -OCH3 is 1. The topological polar surface area (TPSA) is 41.6 Å². The molecule has 1 saturated heterocycles. The quantitative estimate of drug-likeness (QED) is 0.817. The number of ether oxygens (including phenoxy) is 1. The fourth-order valence-corrected chi connectivity index (χ4v) is 4.58. The van der Waals surface area contributed by atoms with Gasteiger partial charge in [0.2, 0.25) is 5.91 Å². The van der Waals surface area contributed by atoms with Crippen LogP contribution in [0.25, 0.3) is 0 Å². The van der Waals surface area contributed by atoms with E-state index in [1.165, 1.54) is 44.9 Å². The second kappa shape index (κ2) is 6.25. The van der Waals surface area contributed by atoms with E-state index in [1.807, 2.05) is 0 Å².